The molecule has 0 unspecified atom stereocenters. The summed E-state index contributed by atoms with van der Waals surface area (Å²) in [6, 6.07) is 0. The van der Waals surface area contributed by atoms with Crippen LogP contribution in [0.5, 0.6) is 0 Å². The lowest BCUT2D eigenvalue weighted by molar-refractivity contribution is -0.279. The number of hydrogen-bond acceptors (Lipinski definition) is 3. The Labute approximate surface area is 95.9 Å². The lowest BCUT2D eigenvalue weighted by Gasteiger charge is -2.27. The molecule has 0 radical (unpaired) electrons. The van der Waals surface area contributed by atoms with Crippen molar-refractivity contribution < 1.29 is 26.7 Å². The molecule has 1 N–H and O–H groups in total. The normalized spacial score (nSPS) is 19.6. The van der Waals surface area contributed by atoms with Crippen molar-refractivity contribution in [1.82, 2.24) is 10.2 Å². The number of halogens is 5. The molecule has 0 bridgehead atoms. The predicted octanol–water partition coefficient (Wildman–Crippen LogP) is 1.11. The van der Waals surface area contributed by atoms with Crippen LogP contribution in [-0.4, -0.2) is 62.9 Å². The van der Waals surface area contributed by atoms with Gasteiger partial charge in [-0.1, -0.05) is 0 Å². The monoisotopic (exact) mass is 262 g/mol. The van der Waals surface area contributed by atoms with Crippen molar-refractivity contribution in [3.8, 4) is 0 Å². The first-order chi connectivity index (χ1) is 7.83. The quantitative estimate of drug-likeness (QED) is 0.593. The summed E-state index contributed by atoms with van der Waals surface area (Å²) in [5.74, 6) is -4.67. The Morgan fingerprint density at radius 2 is 1.65 bits per heavy atom. The van der Waals surface area contributed by atoms with Crippen molar-refractivity contribution in [2.45, 2.75) is 12.1 Å². The highest BCUT2D eigenvalue weighted by molar-refractivity contribution is 4.78. The van der Waals surface area contributed by atoms with Gasteiger partial charge in [-0.05, 0) is 0 Å². The Morgan fingerprint density at radius 1 is 1.06 bits per heavy atom. The fourth-order valence-electron chi connectivity index (χ4n) is 1.41. The van der Waals surface area contributed by atoms with Gasteiger partial charge < -0.3 is 10.1 Å². The summed E-state index contributed by atoms with van der Waals surface area (Å²) in [7, 11) is 0. The second-order valence-electron chi connectivity index (χ2n) is 3.83. The molecule has 1 heterocycles. The molecule has 3 nitrogen and oxygen atoms in total. The van der Waals surface area contributed by atoms with E-state index in [4.69, 9.17) is 4.74 Å². The van der Waals surface area contributed by atoms with Gasteiger partial charge in [-0.15, -0.1) is 0 Å². The maximum Gasteiger partial charge on any atom is 0.454 e. The minimum absolute atomic E-state index is 0.103. The Balaban J connectivity index is 2.15. The van der Waals surface area contributed by atoms with Gasteiger partial charge in [0.15, 0.2) is 0 Å². The van der Waals surface area contributed by atoms with E-state index in [2.05, 4.69) is 5.32 Å². The second kappa shape index (κ2) is 5.92. The number of rotatable bonds is 5. The summed E-state index contributed by atoms with van der Waals surface area (Å²) in [5, 5.41) is 2.13. The highest BCUT2D eigenvalue weighted by atomic mass is 19.4. The average molecular weight is 262 g/mol. The van der Waals surface area contributed by atoms with Gasteiger partial charge >= 0.3 is 12.1 Å². The van der Waals surface area contributed by atoms with Crippen LogP contribution in [0, 0.1) is 0 Å². The van der Waals surface area contributed by atoms with Gasteiger partial charge in [0.25, 0.3) is 0 Å². The second-order valence-corrected chi connectivity index (χ2v) is 3.83. The number of ether oxygens (including phenoxy) is 1. The molecule has 1 fully saturated rings. The van der Waals surface area contributed by atoms with Crippen LogP contribution in [0.2, 0.25) is 0 Å². The van der Waals surface area contributed by atoms with Gasteiger partial charge in [0.2, 0.25) is 0 Å². The van der Waals surface area contributed by atoms with Crippen molar-refractivity contribution in [3.63, 3.8) is 0 Å². The number of hydrogen-bond donors (Lipinski definition) is 1. The van der Waals surface area contributed by atoms with E-state index in [-0.39, 0.29) is 6.54 Å². The molecule has 0 aromatic carbocycles. The van der Waals surface area contributed by atoms with E-state index >= 15 is 0 Å². The van der Waals surface area contributed by atoms with E-state index in [1.54, 1.807) is 0 Å². The fraction of sp³-hybridized carbons (Fsp3) is 1.00. The number of alkyl halides is 5. The van der Waals surface area contributed by atoms with Crippen molar-refractivity contribution in [2.24, 2.45) is 0 Å². The Bertz CT molecular complexity index is 228. The first-order valence-corrected chi connectivity index (χ1v) is 5.28. The van der Waals surface area contributed by atoms with Gasteiger partial charge in [-0.25, -0.2) is 0 Å². The maximum absolute atomic E-state index is 12.5. The topological polar surface area (TPSA) is 24.5 Å². The van der Waals surface area contributed by atoms with Crippen LogP contribution in [0.3, 0.4) is 0 Å². The van der Waals surface area contributed by atoms with Gasteiger partial charge in [0.1, 0.15) is 0 Å². The van der Waals surface area contributed by atoms with Crippen LogP contribution < -0.4 is 5.32 Å². The molecule has 0 aromatic heterocycles. The minimum atomic E-state index is -5.49. The number of nitrogens with zero attached hydrogens (tertiary/aromatic N) is 1. The summed E-state index contributed by atoms with van der Waals surface area (Å²) in [5.41, 5.74) is 0. The van der Waals surface area contributed by atoms with Crippen molar-refractivity contribution in [2.75, 3.05) is 45.9 Å². The zero-order valence-electron chi connectivity index (χ0n) is 9.20. The summed E-state index contributed by atoms with van der Waals surface area (Å²) < 4.78 is 65.4. The van der Waals surface area contributed by atoms with E-state index in [1.165, 1.54) is 0 Å². The summed E-state index contributed by atoms with van der Waals surface area (Å²) in [6.07, 6.45) is -5.49. The zero-order valence-corrected chi connectivity index (χ0v) is 9.20. The third-order valence-corrected chi connectivity index (χ3v) is 2.47. The van der Waals surface area contributed by atoms with Gasteiger partial charge in [0.05, 0.1) is 19.8 Å². The standard InChI is InChI=1S/C9H15F5N2O/c10-8(11,9(12,13)14)7-15-1-2-16-3-5-17-6-4-16/h15H,1-7H2. The van der Waals surface area contributed by atoms with Crippen molar-refractivity contribution in [3.05, 3.63) is 0 Å². The third kappa shape index (κ3) is 4.72. The molecule has 8 heteroatoms. The average Bonchev–Trinajstić information content (AvgIpc) is 2.24. The largest absolute Gasteiger partial charge is 0.454 e. The zero-order chi connectivity index (χ0) is 12.9. The van der Waals surface area contributed by atoms with Gasteiger partial charge in [0, 0.05) is 26.2 Å². The third-order valence-electron chi connectivity index (χ3n) is 2.47. The van der Waals surface area contributed by atoms with Crippen LogP contribution in [0.15, 0.2) is 0 Å². The molecule has 0 atom stereocenters. The first-order valence-electron chi connectivity index (χ1n) is 5.28. The smallest absolute Gasteiger partial charge is 0.379 e. The molecular formula is C9H15F5N2O. The maximum atomic E-state index is 12.5. The van der Waals surface area contributed by atoms with E-state index in [0.29, 0.717) is 32.8 Å². The Morgan fingerprint density at radius 3 is 2.18 bits per heavy atom. The van der Waals surface area contributed by atoms with E-state index in [0.717, 1.165) is 0 Å². The van der Waals surface area contributed by atoms with Gasteiger partial charge in [-0.3, -0.25) is 4.90 Å². The fourth-order valence-corrected chi connectivity index (χ4v) is 1.41. The van der Waals surface area contributed by atoms with E-state index < -0.39 is 18.6 Å². The summed E-state index contributed by atoms with van der Waals surface area (Å²) >= 11 is 0. The van der Waals surface area contributed by atoms with Crippen LogP contribution in [0.1, 0.15) is 0 Å². The molecule has 0 aliphatic carbocycles. The summed E-state index contributed by atoms with van der Waals surface area (Å²) in [6.45, 7) is 1.66. The summed E-state index contributed by atoms with van der Waals surface area (Å²) in [4.78, 5) is 1.95. The lowest BCUT2D eigenvalue weighted by Crippen LogP contribution is -2.47. The molecule has 0 aromatic rings. The SMILES string of the molecule is FC(F)(F)C(F)(F)CNCCN1CCOCC1. The molecule has 0 spiro atoms. The Kier molecular flexibility index (Phi) is 5.08. The van der Waals surface area contributed by atoms with Crippen LogP contribution in [-0.2, 0) is 4.74 Å². The lowest BCUT2D eigenvalue weighted by atomic mass is 10.3. The van der Waals surface area contributed by atoms with Gasteiger partial charge in [-0.2, -0.15) is 22.0 Å². The van der Waals surface area contributed by atoms with Crippen LogP contribution >= 0.6 is 0 Å². The first kappa shape index (κ1) is 14.6. The minimum Gasteiger partial charge on any atom is -0.379 e. The molecule has 1 saturated heterocycles. The highest BCUT2D eigenvalue weighted by Gasteiger charge is 2.56. The number of nitrogens with one attached hydrogen (secondary N) is 1. The Hall–Kier alpha value is -0.470. The molecule has 1 rings (SSSR count). The molecule has 1 aliphatic heterocycles. The van der Waals surface area contributed by atoms with E-state index in [1.807, 2.05) is 4.90 Å². The highest BCUT2D eigenvalue weighted by Crippen LogP contribution is 2.34. The van der Waals surface area contributed by atoms with Crippen LogP contribution in [0.4, 0.5) is 22.0 Å². The van der Waals surface area contributed by atoms with Crippen molar-refractivity contribution >= 4 is 0 Å². The van der Waals surface area contributed by atoms with E-state index in [9.17, 15) is 22.0 Å². The van der Waals surface area contributed by atoms with Crippen LogP contribution in [0.25, 0.3) is 0 Å². The molecule has 102 valence electrons. The molecule has 17 heavy (non-hydrogen) atoms. The molecule has 0 amide bonds. The van der Waals surface area contributed by atoms with Crippen molar-refractivity contribution in [1.29, 1.82) is 0 Å². The predicted molar refractivity (Wildman–Crippen MR) is 51.1 cm³/mol. The molecule has 1 aliphatic rings. The molecule has 0 saturated carbocycles. The number of morpholine rings is 1. The molecular weight excluding hydrogens is 247 g/mol.